The Labute approximate surface area is 102 Å². The number of aryl methyl sites for hydroxylation is 1. The maximum Gasteiger partial charge on any atom is 0.296 e. The molecule has 0 saturated heterocycles. The van der Waals surface area contributed by atoms with Crippen LogP contribution in [0.2, 0.25) is 0 Å². The van der Waals surface area contributed by atoms with Gasteiger partial charge in [-0.15, -0.1) is 0 Å². The largest absolute Gasteiger partial charge is 0.296 e. The molecule has 0 amide bonds. The third kappa shape index (κ3) is 2.51. The van der Waals surface area contributed by atoms with Crippen LogP contribution in [0.15, 0.2) is 34.4 Å². The van der Waals surface area contributed by atoms with Gasteiger partial charge in [0.25, 0.3) is 5.56 Å². The van der Waals surface area contributed by atoms with Crippen LogP contribution in [0.3, 0.4) is 0 Å². The first-order valence-electron chi connectivity index (χ1n) is 4.81. The monoisotopic (exact) mass is 247 g/mol. The number of pyridine rings is 1. The molecule has 0 fully saturated rings. The average Bonchev–Trinajstić information content (AvgIpc) is 2.35. The molecule has 0 saturated carbocycles. The van der Waals surface area contributed by atoms with Crippen LogP contribution in [0.25, 0.3) is 0 Å². The molecule has 0 aliphatic rings. The van der Waals surface area contributed by atoms with Gasteiger partial charge >= 0.3 is 0 Å². The fourth-order valence-corrected chi connectivity index (χ4v) is 1.33. The number of nitrogens with one attached hydrogen (secondary N) is 1. The molecule has 1 N–H and O–H groups in total. The summed E-state index contributed by atoms with van der Waals surface area (Å²) in [5.74, 6) is 0. The van der Waals surface area contributed by atoms with E-state index in [9.17, 15) is 4.79 Å². The van der Waals surface area contributed by atoms with E-state index in [0.717, 1.165) is 10.2 Å². The maximum atomic E-state index is 11.7. The van der Waals surface area contributed by atoms with Gasteiger partial charge in [-0.3, -0.25) is 14.9 Å². The lowest BCUT2D eigenvalue weighted by molar-refractivity contribution is 0.720. The van der Waals surface area contributed by atoms with Crippen molar-refractivity contribution >= 4 is 18.4 Å². The van der Waals surface area contributed by atoms with Crippen molar-refractivity contribution in [2.75, 3.05) is 0 Å². The van der Waals surface area contributed by atoms with Crippen LogP contribution >= 0.6 is 12.2 Å². The molecule has 0 aromatic carbocycles. The average molecular weight is 247 g/mol. The fourth-order valence-electron chi connectivity index (χ4n) is 1.15. The molecule has 2 aromatic heterocycles. The summed E-state index contributed by atoms with van der Waals surface area (Å²) in [5, 5.41) is 10.3. The molecule has 0 aliphatic carbocycles. The Kier molecular flexibility index (Phi) is 3.20. The van der Waals surface area contributed by atoms with Crippen LogP contribution < -0.4 is 5.56 Å². The molecule has 2 heterocycles. The van der Waals surface area contributed by atoms with Gasteiger partial charge < -0.3 is 0 Å². The standard InChI is InChI=1S/C10H9N5OS/c1-7-9(16)15(10(17)14-13-7)12-6-8-2-4-11-5-3-8/h2-6H,1H3,(H,14,17)/b12-6+. The second-order valence-corrected chi connectivity index (χ2v) is 3.64. The fraction of sp³-hybridized carbons (Fsp3) is 0.100. The van der Waals surface area contributed by atoms with E-state index >= 15 is 0 Å². The molecule has 0 aliphatic heterocycles. The number of aromatic nitrogens is 4. The second kappa shape index (κ2) is 4.79. The lowest BCUT2D eigenvalue weighted by Crippen LogP contribution is -2.22. The molecule has 86 valence electrons. The summed E-state index contributed by atoms with van der Waals surface area (Å²) < 4.78 is 1.25. The van der Waals surface area contributed by atoms with E-state index in [-0.39, 0.29) is 10.3 Å². The topological polar surface area (TPSA) is 75.9 Å². The molecular formula is C10H9N5OS. The number of aromatic amines is 1. The second-order valence-electron chi connectivity index (χ2n) is 3.26. The van der Waals surface area contributed by atoms with Gasteiger partial charge in [0, 0.05) is 12.4 Å². The van der Waals surface area contributed by atoms with Crippen molar-refractivity contribution in [3.63, 3.8) is 0 Å². The summed E-state index contributed by atoms with van der Waals surface area (Å²) in [5.41, 5.74) is 0.806. The van der Waals surface area contributed by atoms with Gasteiger partial charge in [-0.1, -0.05) is 0 Å². The van der Waals surface area contributed by atoms with Crippen molar-refractivity contribution in [2.45, 2.75) is 6.92 Å². The van der Waals surface area contributed by atoms with Crippen molar-refractivity contribution in [3.05, 3.63) is 50.9 Å². The number of H-pyrrole nitrogens is 1. The highest BCUT2D eigenvalue weighted by molar-refractivity contribution is 7.71. The third-order valence-electron chi connectivity index (χ3n) is 2.04. The number of rotatable bonds is 2. The molecule has 17 heavy (non-hydrogen) atoms. The summed E-state index contributed by atoms with van der Waals surface area (Å²) in [6.45, 7) is 1.59. The molecule has 0 unspecified atom stereocenters. The van der Waals surface area contributed by atoms with Crippen LogP contribution in [0, 0.1) is 11.7 Å². The van der Waals surface area contributed by atoms with Gasteiger partial charge in [0.05, 0.1) is 6.21 Å². The van der Waals surface area contributed by atoms with Crippen LogP contribution in [-0.2, 0) is 0 Å². The van der Waals surface area contributed by atoms with Gasteiger partial charge in [-0.2, -0.15) is 14.9 Å². The first-order chi connectivity index (χ1) is 8.18. The zero-order chi connectivity index (χ0) is 12.3. The maximum absolute atomic E-state index is 11.7. The summed E-state index contributed by atoms with van der Waals surface area (Å²) in [4.78, 5) is 15.6. The predicted molar refractivity (Wildman–Crippen MR) is 65.6 cm³/mol. The van der Waals surface area contributed by atoms with Crippen LogP contribution in [0.4, 0.5) is 0 Å². The molecule has 2 rings (SSSR count). The van der Waals surface area contributed by atoms with Gasteiger partial charge in [0.2, 0.25) is 4.77 Å². The molecule has 0 spiro atoms. The SMILES string of the molecule is Cc1n[nH]c(=S)n(/N=C/c2ccncc2)c1=O. The minimum atomic E-state index is -0.334. The number of nitrogens with zero attached hydrogens (tertiary/aromatic N) is 4. The van der Waals surface area contributed by atoms with Crippen molar-refractivity contribution < 1.29 is 0 Å². The number of hydrogen-bond donors (Lipinski definition) is 1. The summed E-state index contributed by atoms with van der Waals surface area (Å²) in [6.07, 6.45) is 4.82. The quantitative estimate of drug-likeness (QED) is 0.631. The van der Waals surface area contributed by atoms with Crippen LogP contribution in [0.1, 0.15) is 11.3 Å². The van der Waals surface area contributed by atoms with E-state index < -0.39 is 0 Å². The van der Waals surface area contributed by atoms with Crippen molar-refractivity contribution in [1.82, 2.24) is 19.9 Å². The number of hydrogen-bond acceptors (Lipinski definition) is 5. The first kappa shape index (κ1) is 11.3. The Morgan fingerprint density at radius 1 is 1.47 bits per heavy atom. The Bertz CT molecular complexity index is 658. The highest BCUT2D eigenvalue weighted by Crippen LogP contribution is 1.92. The van der Waals surface area contributed by atoms with E-state index in [2.05, 4.69) is 20.3 Å². The van der Waals surface area contributed by atoms with Crippen LogP contribution in [0.5, 0.6) is 0 Å². The Balaban J connectivity index is 2.44. The zero-order valence-corrected chi connectivity index (χ0v) is 9.81. The highest BCUT2D eigenvalue weighted by atomic mass is 32.1. The van der Waals surface area contributed by atoms with Gasteiger partial charge in [0.15, 0.2) is 0 Å². The summed E-state index contributed by atoms with van der Waals surface area (Å²) >= 11 is 4.93. The molecule has 0 radical (unpaired) electrons. The van der Waals surface area contributed by atoms with Gasteiger partial charge in [0.1, 0.15) is 5.69 Å². The van der Waals surface area contributed by atoms with Crippen molar-refractivity contribution in [3.8, 4) is 0 Å². The predicted octanol–water partition coefficient (Wildman–Crippen LogP) is 0.887. The zero-order valence-electron chi connectivity index (χ0n) is 8.99. The molecule has 7 heteroatoms. The van der Waals surface area contributed by atoms with E-state index in [1.807, 2.05) is 0 Å². The van der Waals surface area contributed by atoms with Crippen molar-refractivity contribution in [1.29, 1.82) is 0 Å². The third-order valence-corrected chi connectivity index (χ3v) is 2.31. The normalized spacial score (nSPS) is 10.9. The smallest absolute Gasteiger partial charge is 0.265 e. The summed E-state index contributed by atoms with van der Waals surface area (Å²) in [7, 11) is 0. The van der Waals surface area contributed by atoms with Gasteiger partial charge in [-0.25, -0.2) is 0 Å². The van der Waals surface area contributed by atoms with Gasteiger partial charge in [-0.05, 0) is 36.8 Å². The lowest BCUT2D eigenvalue weighted by atomic mass is 10.3. The van der Waals surface area contributed by atoms with Crippen LogP contribution in [-0.4, -0.2) is 26.1 Å². The highest BCUT2D eigenvalue weighted by Gasteiger charge is 2.00. The Morgan fingerprint density at radius 2 is 2.18 bits per heavy atom. The minimum absolute atomic E-state index is 0.158. The van der Waals surface area contributed by atoms with E-state index in [1.165, 1.54) is 6.21 Å². The lowest BCUT2D eigenvalue weighted by Gasteiger charge is -1.98. The molecule has 2 aromatic rings. The molecular weight excluding hydrogens is 238 g/mol. The molecule has 0 bridgehead atoms. The Morgan fingerprint density at radius 3 is 2.88 bits per heavy atom. The molecule has 0 atom stereocenters. The Hall–Kier alpha value is -2.15. The summed E-state index contributed by atoms with van der Waals surface area (Å²) in [6, 6.07) is 3.55. The van der Waals surface area contributed by atoms with E-state index in [0.29, 0.717) is 5.69 Å². The minimum Gasteiger partial charge on any atom is -0.265 e. The first-order valence-corrected chi connectivity index (χ1v) is 5.22. The van der Waals surface area contributed by atoms with E-state index in [1.54, 1.807) is 31.5 Å². The van der Waals surface area contributed by atoms with E-state index in [4.69, 9.17) is 12.2 Å². The molecule has 6 nitrogen and oxygen atoms in total. The van der Waals surface area contributed by atoms with Crippen molar-refractivity contribution in [2.24, 2.45) is 5.10 Å².